The van der Waals surface area contributed by atoms with E-state index >= 15 is 0 Å². The molecule has 19 heavy (non-hydrogen) atoms. The first-order chi connectivity index (χ1) is 9.15. The number of carbonyl (C=O) groups is 1. The highest BCUT2D eigenvalue weighted by atomic mass is 16.4. The maximum absolute atomic E-state index is 12.3. The summed E-state index contributed by atoms with van der Waals surface area (Å²) in [7, 11) is 0. The van der Waals surface area contributed by atoms with E-state index in [4.69, 9.17) is 10.2 Å². The maximum Gasteiger partial charge on any atom is 0.349 e. The molecule has 1 amide bonds. The lowest BCUT2D eigenvalue weighted by Gasteiger charge is -2.14. The molecule has 1 fully saturated rings. The quantitative estimate of drug-likeness (QED) is 0.773. The number of hydrogen-bond acceptors (Lipinski definition) is 4. The number of fused-ring (bicyclic) bond motifs is 1. The van der Waals surface area contributed by atoms with Crippen molar-refractivity contribution in [3.05, 3.63) is 46.3 Å². The van der Waals surface area contributed by atoms with Crippen molar-refractivity contribution < 1.29 is 9.21 Å². The van der Waals surface area contributed by atoms with Crippen molar-refractivity contribution >= 4 is 16.9 Å². The molecule has 2 heterocycles. The van der Waals surface area contributed by atoms with Crippen LogP contribution in [0.5, 0.6) is 0 Å². The van der Waals surface area contributed by atoms with E-state index in [2.05, 4.69) is 0 Å². The second-order valence-corrected chi connectivity index (χ2v) is 4.79. The van der Waals surface area contributed by atoms with Gasteiger partial charge in [-0.25, -0.2) is 4.79 Å². The van der Waals surface area contributed by atoms with Crippen LogP contribution in [0.25, 0.3) is 11.0 Å². The van der Waals surface area contributed by atoms with Crippen LogP contribution in [-0.2, 0) is 0 Å². The fraction of sp³-hybridized carbons (Fsp3) is 0.286. The second-order valence-electron chi connectivity index (χ2n) is 4.79. The minimum atomic E-state index is -0.593. The summed E-state index contributed by atoms with van der Waals surface area (Å²) in [6, 6.07) is 8.72. The van der Waals surface area contributed by atoms with Gasteiger partial charge in [0.1, 0.15) is 11.1 Å². The SMILES string of the molecule is NC1CCN(C(=O)c2cc3ccccc3oc2=O)C1. The molecule has 1 aliphatic rings. The molecule has 1 saturated heterocycles. The summed E-state index contributed by atoms with van der Waals surface area (Å²) >= 11 is 0. The molecule has 1 aromatic carbocycles. The Balaban J connectivity index is 2.02. The van der Waals surface area contributed by atoms with Crippen LogP contribution < -0.4 is 11.4 Å². The predicted octanol–water partition coefficient (Wildman–Crippen LogP) is 0.966. The van der Waals surface area contributed by atoms with E-state index in [1.807, 2.05) is 12.1 Å². The molecule has 1 unspecified atom stereocenters. The van der Waals surface area contributed by atoms with E-state index in [9.17, 15) is 9.59 Å². The van der Waals surface area contributed by atoms with Crippen LogP contribution >= 0.6 is 0 Å². The largest absolute Gasteiger partial charge is 0.422 e. The number of amides is 1. The van der Waals surface area contributed by atoms with E-state index in [-0.39, 0.29) is 17.5 Å². The molecular formula is C14H14N2O3. The summed E-state index contributed by atoms with van der Waals surface area (Å²) in [4.78, 5) is 25.7. The van der Waals surface area contributed by atoms with Gasteiger partial charge in [0.15, 0.2) is 0 Å². The van der Waals surface area contributed by atoms with E-state index in [0.717, 1.165) is 11.8 Å². The van der Waals surface area contributed by atoms with Gasteiger partial charge in [0.05, 0.1) is 0 Å². The zero-order chi connectivity index (χ0) is 13.4. The smallest absolute Gasteiger partial charge is 0.349 e. The van der Waals surface area contributed by atoms with Gasteiger partial charge in [0.2, 0.25) is 0 Å². The van der Waals surface area contributed by atoms with E-state index in [1.165, 1.54) is 0 Å². The molecular weight excluding hydrogens is 244 g/mol. The number of carbonyl (C=O) groups excluding carboxylic acids is 1. The standard InChI is InChI=1S/C14H14N2O3/c15-10-5-6-16(8-10)13(17)11-7-9-3-1-2-4-12(9)19-14(11)18/h1-4,7,10H,5-6,8,15H2. The number of hydrogen-bond donors (Lipinski definition) is 1. The van der Waals surface area contributed by atoms with Crippen LogP contribution in [0.3, 0.4) is 0 Å². The first kappa shape index (κ1) is 11.9. The Hall–Kier alpha value is -2.14. The minimum Gasteiger partial charge on any atom is -0.422 e. The summed E-state index contributed by atoms with van der Waals surface area (Å²) in [6.07, 6.45) is 0.769. The Morgan fingerprint density at radius 1 is 1.37 bits per heavy atom. The van der Waals surface area contributed by atoms with Gasteiger partial charge in [0.25, 0.3) is 5.91 Å². The van der Waals surface area contributed by atoms with E-state index in [1.54, 1.807) is 23.1 Å². The predicted molar refractivity (Wildman–Crippen MR) is 71.0 cm³/mol. The third-order valence-electron chi connectivity index (χ3n) is 3.38. The Kier molecular flexibility index (Phi) is 2.83. The van der Waals surface area contributed by atoms with Gasteiger partial charge in [0, 0.05) is 24.5 Å². The van der Waals surface area contributed by atoms with Crippen molar-refractivity contribution in [1.82, 2.24) is 4.90 Å². The molecule has 1 atom stereocenters. The Labute approximate surface area is 109 Å². The summed E-state index contributed by atoms with van der Waals surface area (Å²) in [5.74, 6) is -0.299. The van der Waals surface area contributed by atoms with Crippen molar-refractivity contribution in [3.63, 3.8) is 0 Å². The number of likely N-dealkylation sites (tertiary alicyclic amines) is 1. The van der Waals surface area contributed by atoms with Crippen molar-refractivity contribution in [3.8, 4) is 0 Å². The lowest BCUT2D eigenvalue weighted by atomic mass is 10.1. The minimum absolute atomic E-state index is 0.00329. The molecule has 2 aromatic rings. The van der Waals surface area contributed by atoms with Crippen molar-refractivity contribution in [1.29, 1.82) is 0 Å². The lowest BCUT2D eigenvalue weighted by molar-refractivity contribution is 0.0787. The average molecular weight is 258 g/mol. The normalized spacial score (nSPS) is 19.0. The summed E-state index contributed by atoms with van der Waals surface area (Å²) in [6.45, 7) is 1.08. The molecule has 1 aliphatic heterocycles. The number of nitrogens with zero attached hydrogens (tertiary/aromatic N) is 1. The number of benzene rings is 1. The van der Waals surface area contributed by atoms with Crippen LogP contribution in [0, 0.1) is 0 Å². The van der Waals surface area contributed by atoms with Crippen LogP contribution in [0.2, 0.25) is 0 Å². The highest BCUT2D eigenvalue weighted by Gasteiger charge is 2.26. The molecule has 2 N–H and O–H groups in total. The van der Waals surface area contributed by atoms with Crippen molar-refractivity contribution in [2.45, 2.75) is 12.5 Å². The van der Waals surface area contributed by atoms with E-state index < -0.39 is 5.63 Å². The summed E-state index contributed by atoms with van der Waals surface area (Å²) in [5, 5.41) is 0.744. The van der Waals surface area contributed by atoms with Crippen LogP contribution in [0.1, 0.15) is 16.8 Å². The molecule has 0 aliphatic carbocycles. The Morgan fingerprint density at radius 2 is 2.16 bits per heavy atom. The molecule has 0 spiro atoms. The summed E-state index contributed by atoms with van der Waals surface area (Å²) in [5.41, 5.74) is 5.75. The topological polar surface area (TPSA) is 76.5 Å². The first-order valence-electron chi connectivity index (χ1n) is 6.23. The molecule has 0 saturated carbocycles. The molecule has 1 aromatic heterocycles. The van der Waals surface area contributed by atoms with Gasteiger partial charge in [-0.15, -0.1) is 0 Å². The van der Waals surface area contributed by atoms with Crippen LogP contribution in [0.15, 0.2) is 39.5 Å². The third-order valence-corrected chi connectivity index (χ3v) is 3.38. The summed E-state index contributed by atoms with van der Waals surface area (Å²) < 4.78 is 5.17. The molecule has 0 bridgehead atoms. The first-order valence-corrected chi connectivity index (χ1v) is 6.23. The number of para-hydroxylation sites is 1. The molecule has 3 rings (SSSR count). The van der Waals surface area contributed by atoms with Crippen LogP contribution in [-0.4, -0.2) is 29.9 Å². The maximum atomic E-state index is 12.3. The fourth-order valence-electron chi connectivity index (χ4n) is 2.35. The van der Waals surface area contributed by atoms with Crippen molar-refractivity contribution in [2.75, 3.05) is 13.1 Å². The second kappa shape index (κ2) is 4.51. The highest BCUT2D eigenvalue weighted by Crippen LogP contribution is 2.15. The van der Waals surface area contributed by atoms with Crippen molar-refractivity contribution in [2.24, 2.45) is 5.73 Å². The van der Waals surface area contributed by atoms with Gasteiger partial charge in [-0.05, 0) is 18.6 Å². The molecule has 5 heteroatoms. The zero-order valence-corrected chi connectivity index (χ0v) is 10.3. The molecule has 98 valence electrons. The van der Waals surface area contributed by atoms with Gasteiger partial charge < -0.3 is 15.1 Å². The van der Waals surface area contributed by atoms with Crippen LogP contribution in [0.4, 0.5) is 0 Å². The Bertz CT molecular complexity index is 692. The van der Waals surface area contributed by atoms with Gasteiger partial charge in [-0.3, -0.25) is 4.79 Å². The Morgan fingerprint density at radius 3 is 2.89 bits per heavy atom. The monoisotopic (exact) mass is 258 g/mol. The van der Waals surface area contributed by atoms with Gasteiger partial charge in [-0.2, -0.15) is 0 Å². The highest BCUT2D eigenvalue weighted by molar-refractivity contribution is 5.96. The van der Waals surface area contributed by atoms with Gasteiger partial charge >= 0.3 is 5.63 Å². The van der Waals surface area contributed by atoms with E-state index in [0.29, 0.717) is 18.7 Å². The molecule has 0 radical (unpaired) electrons. The molecule has 5 nitrogen and oxygen atoms in total. The number of rotatable bonds is 1. The average Bonchev–Trinajstić information content (AvgIpc) is 2.84. The van der Waals surface area contributed by atoms with Gasteiger partial charge in [-0.1, -0.05) is 18.2 Å². The fourth-order valence-corrected chi connectivity index (χ4v) is 2.35. The lowest BCUT2D eigenvalue weighted by Crippen LogP contribution is -2.34. The zero-order valence-electron chi connectivity index (χ0n) is 10.3. The number of nitrogens with two attached hydrogens (primary N) is 1. The third kappa shape index (κ3) is 2.13.